The fourth-order valence-corrected chi connectivity index (χ4v) is 8.85. The van der Waals surface area contributed by atoms with E-state index >= 15 is 0 Å². The zero-order valence-electron chi connectivity index (χ0n) is 135. The second-order valence-corrected chi connectivity index (χ2v) is 27.4. The molecule has 0 aliphatic carbocycles. The van der Waals surface area contributed by atoms with Crippen LogP contribution in [0.4, 0.5) is 0 Å². The number of ether oxygens (including phenoxy) is 7. The van der Waals surface area contributed by atoms with Gasteiger partial charge in [-0.3, -0.25) is 33.6 Å². The standard InChI is InChI=1S/7C15H21NO3/c7*1-11-4-6-13(7-5-11)9-16-15(18)14(10-19-3)8-12(2)17/h7*4-7,14H,8-10H2,1-3H3,(H,16,18)/i2*3D3,4D,5D,6D,7D,9D2,10D2,14D;4D,5D,6D,7D,9D2,10D2,14D;2*3D3,9D2,10D2,14D;9D2,10D2,14D;3D3,10D2,14D. The maximum Gasteiger partial charge on any atom is 0.226 e. The van der Waals surface area contributed by atoms with Crippen LogP contribution in [0, 0.1) is 89.7 Å². The quantitative estimate of drug-likeness (QED) is 0.0186. The summed E-state index contributed by atoms with van der Waals surface area (Å²) in [6.07, 6.45) is -6.86. The van der Waals surface area contributed by atoms with Crippen molar-refractivity contribution < 1.29 is 183 Å². The van der Waals surface area contributed by atoms with E-state index in [2.05, 4.69) is 38.5 Å². The first-order chi connectivity index (χ1) is 86.0. The second-order valence-electron chi connectivity index (χ2n) is 27.4. The first-order valence-electron chi connectivity index (χ1n) is 68.8. The summed E-state index contributed by atoms with van der Waals surface area (Å²) >= 11 is 0. The molecule has 0 spiro atoms. The van der Waals surface area contributed by atoms with Crippen molar-refractivity contribution in [3.05, 3.63) is 247 Å². The molecule has 0 heterocycles. The topological polar surface area (TPSA) is 388 Å². The molecule has 133 heavy (non-hydrogen) atoms. The molecule has 0 fully saturated rings. The number of methoxy groups -OCH3 is 7. The molecule has 7 aromatic carbocycles. The van der Waals surface area contributed by atoms with Crippen molar-refractivity contribution >= 4 is 81.8 Å². The van der Waals surface area contributed by atoms with E-state index in [-0.39, 0.29) is 39.9 Å². The Morgan fingerprint density at radius 1 is 0.241 bits per heavy atom. The van der Waals surface area contributed by atoms with E-state index in [1.807, 2.05) is 41.9 Å². The van der Waals surface area contributed by atoms with Gasteiger partial charge in [0.15, 0.2) is 0 Å². The molecule has 0 aromatic heterocycles. The van der Waals surface area contributed by atoms with Gasteiger partial charge < -0.3 is 104 Å². The lowest BCUT2D eigenvalue weighted by Gasteiger charge is -2.14. The van der Waals surface area contributed by atoms with Gasteiger partial charge in [0, 0.05) is 149 Å². The third-order valence-electron chi connectivity index (χ3n) is 15.1. The Morgan fingerprint density at radius 2 is 0.398 bits per heavy atom. The Balaban J connectivity index is 0.00000113. The number of nitrogens with one attached hydrogen (secondary N) is 7. The number of Topliss-reactive ketones (excluding diaryl/α,β-unsaturated/α-hetero) is 7. The zero-order chi connectivity index (χ0) is 152. The van der Waals surface area contributed by atoms with Crippen LogP contribution in [0.25, 0.3) is 0 Å². The fourth-order valence-electron chi connectivity index (χ4n) is 8.85. The number of aryl methyl sites for hydroxylation is 4. The minimum absolute atomic E-state index is 0.00148. The molecule has 0 saturated heterocycles. The SMILES string of the molecule is [2H]C([2H])(NC(=O)C([2H])(CC(C)=O)C([2H])([2H])OC)c1ccc(C)cc1.[2H]C([2H])([2H])OC([2H])([2H])C([2H])(CC(C)=O)C(=O)NC([2H])([2H])c1ccc(C)cc1.[2H]C([2H])([2H])OC([2H])([2H])C([2H])(CC(C)=O)C(=O)NC([2H])([2H])c1ccc(C)cc1.[2H]C([2H])([2H])OC([2H])([2H])C([2H])(CC(C)=O)C(=O)NCc1ccc(C)cc1.[2H]c1c([2H])c(C([2H])([2H])NC(=O)C([2H])(CC(C)=O)C([2H])([2H])OC([2H])([2H])[2H])c([2H])c([2H])c1C.[2H]c1c([2H])c(C([2H])([2H])NC(=O)C([2H])(CC(C)=O)C([2H])([2H])OC([2H])([2H])[2H])c([2H])c([2H])c1C.[2H]c1c([2H])c(C([2H])([2H])NC(=O)C([2H])(CC(C)=O)C([2H])([2H])OC)c([2H])c([2H])c1C. The number of carbonyl (C=O) groups is 14. The minimum Gasteiger partial charge on any atom is -0.384 e. The normalized spacial score (nSPS) is 22.1. The first-order valence-corrected chi connectivity index (χ1v) is 38.8. The lowest BCUT2D eigenvalue weighted by atomic mass is 10.0. The van der Waals surface area contributed by atoms with Crippen molar-refractivity contribution in [3.8, 4) is 0 Å². The van der Waals surface area contributed by atoms with E-state index in [9.17, 15) is 67.1 Å². The summed E-state index contributed by atoms with van der Waals surface area (Å²) in [5, 5.41) is 13.1. The van der Waals surface area contributed by atoms with Crippen molar-refractivity contribution in [1.82, 2.24) is 37.2 Å². The summed E-state index contributed by atoms with van der Waals surface area (Å²) in [6, 6.07) is 17.5. The molecular formula is C105H147N7O21. The molecule has 7 amide bonds. The zero-order valence-corrected chi connectivity index (χ0v) is 75.5. The van der Waals surface area contributed by atoms with Crippen LogP contribution in [0.15, 0.2) is 170 Å². The minimum atomic E-state index is -3.58. The predicted molar refractivity (Wildman–Crippen MR) is 516 cm³/mol. The van der Waals surface area contributed by atoms with Gasteiger partial charge in [-0.2, -0.15) is 0 Å². The molecule has 0 aliphatic rings. The summed E-state index contributed by atoms with van der Waals surface area (Å²) in [5.74, 6) is -36.6. The molecule has 7 atom stereocenters. The van der Waals surface area contributed by atoms with Crippen LogP contribution in [-0.2, 0) is 146 Å². The highest BCUT2D eigenvalue weighted by Crippen LogP contribution is 2.16. The molecule has 7 aromatic rings. The summed E-state index contributed by atoms with van der Waals surface area (Å²) in [7, 11) is -14.6. The highest BCUT2D eigenvalue weighted by Gasteiger charge is 2.26. The van der Waals surface area contributed by atoms with Gasteiger partial charge in [0.2, 0.25) is 41.4 Å². The molecule has 728 valence electrons. The van der Waals surface area contributed by atoms with Gasteiger partial charge in [0.25, 0.3) is 0 Å². The van der Waals surface area contributed by atoms with Crippen LogP contribution in [0.5, 0.6) is 0 Å². The van der Waals surface area contributed by atoms with E-state index < -0.39 is 377 Å². The molecule has 7 rings (SSSR count). The molecule has 28 heteroatoms. The van der Waals surface area contributed by atoms with Crippen LogP contribution in [0.3, 0.4) is 0 Å². The number of ketones is 7. The van der Waals surface area contributed by atoms with Crippen LogP contribution in [-0.4, -0.2) is 177 Å². The number of benzene rings is 7. The molecule has 0 radical (unpaired) electrons. The molecule has 7 N–H and O–H groups in total. The van der Waals surface area contributed by atoms with Crippen LogP contribution >= 0.6 is 0 Å². The highest BCUT2D eigenvalue weighted by molar-refractivity contribution is 5.90. The molecule has 0 bridgehead atoms. The molecule has 7 unspecified atom stereocenters. The fraction of sp³-hybridized carbons (Fsp3) is 0.467. The number of amides is 7. The Bertz CT molecular complexity index is 7400. The summed E-state index contributed by atoms with van der Waals surface area (Å²) in [6.45, 7) is -21.3. The van der Waals surface area contributed by atoms with E-state index in [1.54, 1.807) is 78.3 Å². The summed E-state index contributed by atoms with van der Waals surface area (Å²) < 4.78 is 492. The third-order valence-corrected chi connectivity index (χ3v) is 15.1. The number of hydrogen-bond acceptors (Lipinski definition) is 21. The van der Waals surface area contributed by atoms with Crippen molar-refractivity contribution in [1.29, 1.82) is 0 Å². The monoisotopic (exact) mass is 1900 g/mol. The second kappa shape index (κ2) is 70.0. The molecule has 0 aliphatic heterocycles. The van der Waals surface area contributed by atoms with Gasteiger partial charge in [-0.1, -0.05) is 209 Å². The largest absolute Gasteiger partial charge is 0.384 e. The van der Waals surface area contributed by atoms with Gasteiger partial charge in [0.05, 0.1) is 160 Å². The average Bonchev–Trinajstić information content (AvgIpc) is 0.736. The van der Waals surface area contributed by atoms with Gasteiger partial charge in [-0.25, -0.2) is 0 Å². The molecule has 0 saturated carbocycles. The molecular weight excluding hydrogens is 1700 g/mol. The summed E-state index contributed by atoms with van der Waals surface area (Å²) in [5.41, 5.74) is 1.82. The van der Waals surface area contributed by atoms with Gasteiger partial charge in [-0.15, -0.1) is 0 Å². The van der Waals surface area contributed by atoms with Gasteiger partial charge >= 0.3 is 0 Å². The van der Waals surface area contributed by atoms with Gasteiger partial charge in [0.1, 0.15) is 40.5 Å². The summed E-state index contributed by atoms with van der Waals surface area (Å²) in [4.78, 5) is 169. The molecule has 28 nitrogen and oxygen atoms in total. The Labute approximate surface area is 872 Å². The first kappa shape index (κ1) is 53.4. The highest BCUT2D eigenvalue weighted by atomic mass is 16.5. The van der Waals surface area contributed by atoms with E-state index in [0.29, 0.717) is 5.56 Å². The number of carbonyl (C=O) groups excluding carboxylic acids is 14. The number of rotatable bonds is 49. The lowest BCUT2D eigenvalue weighted by Crippen LogP contribution is -2.33. The average molecular weight is 1900 g/mol. The van der Waals surface area contributed by atoms with Crippen molar-refractivity contribution in [2.24, 2.45) is 41.3 Å². The van der Waals surface area contributed by atoms with E-state index in [1.165, 1.54) is 57.2 Å². The van der Waals surface area contributed by atoms with E-state index in [4.69, 9.17) is 82.2 Å². The predicted octanol–water partition coefficient (Wildman–Crippen LogP) is 13.0. The maximum atomic E-state index is 12.8. The third kappa shape index (κ3) is 58.0. The maximum absolute atomic E-state index is 12.8. The van der Waals surface area contributed by atoms with Crippen molar-refractivity contribution in [2.75, 3.05) is 95.3 Å². The van der Waals surface area contributed by atoms with Crippen molar-refractivity contribution in [3.63, 3.8) is 0 Å². The van der Waals surface area contributed by atoms with Crippen molar-refractivity contribution in [2.45, 2.75) is 187 Å². The Kier molecular flexibility index (Phi) is 28.1. The van der Waals surface area contributed by atoms with Gasteiger partial charge in [-0.05, 0) is 136 Å². The van der Waals surface area contributed by atoms with Crippen LogP contribution in [0.2, 0.25) is 0 Å². The van der Waals surface area contributed by atoms with E-state index in [0.717, 1.165) is 84.9 Å². The Morgan fingerprint density at radius 3 is 0.564 bits per heavy atom. The Hall–Kier alpha value is -11.8. The van der Waals surface area contributed by atoms with Crippen LogP contribution < -0.4 is 37.2 Å². The number of hydrogen-bond donors (Lipinski definition) is 7. The lowest BCUT2D eigenvalue weighted by molar-refractivity contribution is -0.130. The van der Waals surface area contributed by atoms with Crippen LogP contribution in [0.1, 0.15) is 254 Å². The smallest absolute Gasteiger partial charge is 0.226 e.